The number of carbonyl (C=O) groups excluding carboxylic acids is 1. The molecule has 2 aromatic rings. The fourth-order valence-corrected chi connectivity index (χ4v) is 18.5. The Bertz CT molecular complexity index is 1150. The van der Waals surface area contributed by atoms with E-state index in [4.69, 9.17) is 13.6 Å². The Morgan fingerprint density at radius 3 is 1.66 bits per heavy atom. The number of esters is 1. The van der Waals surface area contributed by atoms with E-state index >= 15 is 0 Å². The molecule has 44 heavy (non-hydrogen) atoms. The van der Waals surface area contributed by atoms with E-state index in [2.05, 4.69) is 143 Å². The minimum absolute atomic E-state index is 0.0323. The number of carbonyl (C=O) groups is 1. The Morgan fingerprint density at radius 2 is 1.27 bits per heavy atom. The molecule has 0 bridgehead atoms. The molecular weight excluding hydrogens is 593 g/mol. The highest BCUT2D eigenvalue weighted by atomic mass is 28.4. The normalized spacial score (nSPS) is 19.1. The number of cyclic esters (lactones) is 1. The van der Waals surface area contributed by atoms with Gasteiger partial charge in [-0.2, -0.15) is 0 Å². The largest absolute Gasteiger partial charge is 0.457 e. The molecule has 3 atom stereocenters. The summed E-state index contributed by atoms with van der Waals surface area (Å²) in [5.74, 6) is -0.254. The third kappa shape index (κ3) is 8.13. The van der Waals surface area contributed by atoms with Crippen molar-refractivity contribution in [2.24, 2.45) is 0 Å². The molecule has 0 radical (unpaired) electrons. The lowest BCUT2D eigenvalue weighted by molar-refractivity contribution is -0.197. The van der Waals surface area contributed by atoms with E-state index in [1.165, 1.54) is 10.4 Å². The number of hydrogen-bond acceptors (Lipinski definition) is 4. The predicted octanol–water partition coefficient (Wildman–Crippen LogP) is 9.09. The summed E-state index contributed by atoms with van der Waals surface area (Å²) in [5, 5.41) is 2.12. The Kier molecular flexibility index (Phi) is 12.3. The number of ether oxygens (including phenoxy) is 1. The standard InChI is InChI=1S/C37H60O4Si3/c1-28(2)43(29(3)4,30(5)6)40-31(21-19-20-26-42(10,11)12)27-34-35(36(38)39-34)41-44(37(7,8)9,32-22-15-13-16-23-32)33-24-17-14-18-25-33/h13-20,22-25,28-31,34-35H,21,26-27H2,1-12H3/t31-,34-,35-/m1/s1. The molecule has 0 aromatic heterocycles. The summed E-state index contributed by atoms with van der Waals surface area (Å²) in [7, 11) is -6.26. The quantitative estimate of drug-likeness (QED) is 0.109. The number of benzene rings is 2. The summed E-state index contributed by atoms with van der Waals surface area (Å²) in [5.41, 5.74) is 1.43. The average molecular weight is 653 g/mol. The van der Waals surface area contributed by atoms with Gasteiger partial charge < -0.3 is 13.6 Å². The molecular formula is C37H60O4Si3. The van der Waals surface area contributed by atoms with Crippen LogP contribution in [-0.2, 0) is 18.4 Å². The predicted molar refractivity (Wildman–Crippen MR) is 195 cm³/mol. The third-order valence-electron chi connectivity index (χ3n) is 9.43. The summed E-state index contributed by atoms with van der Waals surface area (Å²) < 4.78 is 20.6. The van der Waals surface area contributed by atoms with Crippen LogP contribution in [0.2, 0.25) is 47.3 Å². The monoisotopic (exact) mass is 652 g/mol. The SMILES string of the molecule is CC(C)[Si](O[C@H](CC=CC[Si](C)(C)C)C[C@H]1OC(=O)[C@@H]1O[Si](c1ccccc1)(c1ccccc1)C(C)(C)C)(C(C)C)C(C)C. The van der Waals surface area contributed by atoms with Crippen molar-refractivity contribution >= 4 is 41.1 Å². The van der Waals surface area contributed by atoms with Crippen LogP contribution in [0.4, 0.5) is 0 Å². The summed E-state index contributed by atoms with van der Waals surface area (Å²) in [6, 6.07) is 22.3. The highest BCUT2D eigenvalue weighted by Gasteiger charge is 2.57. The van der Waals surface area contributed by atoms with E-state index in [0.29, 0.717) is 23.0 Å². The maximum absolute atomic E-state index is 13.3. The third-order valence-corrected chi connectivity index (χ3v) is 22.1. The zero-order valence-electron chi connectivity index (χ0n) is 29.6. The molecule has 2 aromatic carbocycles. The zero-order chi connectivity index (χ0) is 32.9. The molecule has 0 saturated carbocycles. The van der Waals surface area contributed by atoms with Crippen molar-refractivity contribution in [2.75, 3.05) is 0 Å². The van der Waals surface area contributed by atoms with Crippen molar-refractivity contribution in [3.05, 3.63) is 72.8 Å². The second-order valence-corrected chi connectivity index (χ2v) is 31.1. The van der Waals surface area contributed by atoms with Gasteiger partial charge in [-0.1, -0.05) is 155 Å². The summed E-state index contributed by atoms with van der Waals surface area (Å²) in [4.78, 5) is 13.3. The lowest BCUT2D eigenvalue weighted by Gasteiger charge is -2.49. The summed E-state index contributed by atoms with van der Waals surface area (Å²) in [6.45, 7) is 28.0. The molecule has 0 unspecified atom stereocenters. The lowest BCUT2D eigenvalue weighted by atomic mass is 10.0. The Hall–Kier alpha value is -1.78. The molecule has 1 fully saturated rings. The molecule has 0 spiro atoms. The van der Waals surface area contributed by atoms with Gasteiger partial charge in [0.1, 0.15) is 6.10 Å². The van der Waals surface area contributed by atoms with Gasteiger partial charge in [-0.25, -0.2) is 4.79 Å². The van der Waals surface area contributed by atoms with Crippen molar-refractivity contribution in [2.45, 2.75) is 141 Å². The zero-order valence-corrected chi connectivity index (χ0v) is 32.6. The first-order valence-corrected chi connectivity index (χ1v) is 24.5. The van der Waals surface area contributed by atoms with Gasteiger partial charge in [-0.15, -0.1) is 0 Å². The van der Waals surface area contributed by atoms with Gasteiger partial charge in [0.15, 0.2) is 6.10 Å². The first-order chi connectivity index (χ1) is 20.5. The van der Waals surface area contributed by atoms with Crippen molar-refractivity contribution < 1.29 is 18.4 Å². The molecule has 7 heteroatoms. The first-order valence-electron chi connectivity index (χ1n) is 16.8. The van der Waals surface area contributed by atoms with Crippen LogP contribution in [0.5, 0.6) is 0 Å². The van der Waals surface area contributed by atoms with Gasteiger partial charge in [-0.05, 0) is 44.5 Å². The van der Waals surface area contributed by atoms with Gasteiger partial charge in [0.2, 0.25) is 8.32 Å². The molecule has 0 aliphatic carbocycles. The smallest absolute Gasteiger partial charge is 0.338 e. The van der Waals surface area contributed by atoms with Crippen LogP contribution in [-0.4, -0.2) is 49.0 Å². The van der Waals surface area contributed by atoms with Crippen LogP contribution in [0.15, 0.2) is 72.8 Å². The average Bonchev–Trinajstić information content (AvgIpc) is 2.93. The van der Waals surface area contributed by atoms with E-state index < -0.39 is 30.8 Å². The van der Waals surface area contributed by atoms with Crippen molar-refractivity contribution in [1.82, 2.24) is 0 Å². The molecule has 1 aliphatic heterocycles. The molecule has 1 heterocycles. The first kappa shape index (κ1) is 36.7. The Balaban J connectivity index is 2.01. The maximum atomic E-state index is 13.3. The van der Waals surface area contributed by atoms with Crippen molar-refractivity contribution in [3.8, 4) is 0 Å². The number of hydrogen-bond donors (Lipinski definition) is 0. The van der Waals surface area contributed by atoms with Crippen LogP contribution < -0.4 is 10.4 Å². The summed E-state index contributed by atoms with van der Waals surface area (Å²) >= 11 is 0. The molecule has 244 valence electrons. The lowest BCUT2D eigenvalue weighted by Crippen LogP contribution is -2.71. The van der Waals surface area contributed by atoms with E-state index in [0.717, 1.165) is 12.5 Å². The van der Waals surface area contributed by atoms with Crippen LogP contribution in [0.1, 0.15) is 75.2 Å². The van der Waals surface area contributed by atoms with Crippen LogP contribution in [0.25, 0.3) is 0 Å². The van der Waals surface area contributed by atoms with E-state index in [9.17, 15) is 4.79 Å². The molecule has 1 aliphatic rings. The van der Waals surface area contributed by atoms with Crippen LogP contribution in [0.3, 0.4) is 0 Å². The fraction of sp³-hybridized carbons (Fsp3) is 0.595. The van der Waals surface area contributed by atoms with Crippen LogP contribution in [0, 0.1) is 0 Å². The maximum Gasteiger partial charge on any atom is 0.338 e. The van der Waals surface area contributed by atoms with Crippen molar-refractivity contribution in [1.29, 1.82) is 0 Å². The highest BCUT2D eigenvalue weighted by molar-refractivity contribution is 6.99. The van der Waals surface area contributed by atoms with E-state index in [1.54, 1.807) is 0 Å². The minimum atomic E-state index is -2.91. The van der Waals surface area contributed by atoms with Gasteiger partial charge >= 0.3 is 5.97 Å². The molecule has 0 N–H and O–H groups in total. The minimum Gasteiger partial charge on any atom is -0.457 e. The molecule has 4 nitrogen and oxygen atoms in total. The molecule has 1 saturated heterocycles. The van der Waals surface area contributed by atoms with E-state index in [-0.39, 0.29) is 23.2 Å². The fourth-order valence-electron chi connectivity index (χ4n) is 7.37. The highest BCUT2D eigenvalue weighted by Crippen LogP contribution is 2.45. The van der Waals surface area contributed by atoms with Crippen LogP contribution >= 0.6 is 0 Å². The van der Waals surface area contributed by atoms with Gasteiger partial charge in [0, 0.05) is 14.5 Å². The van der Waals surface area contributed by atoms with Gasteiger partial charge in [0.05, 0.1) is 6.10 Å². The topological polar surface area (TPSA) is 44.8 Å². The van der Waals surface area contributed by atoms with Gasteiger partial charge in [-0.3, -0.25) is 0 Å². The van der Waals surface area contributed by atoms with Crippen molar-refractivity contribution in [3.63, 3.8) is 0 Å². The molecule has 3 rings (SSSR count). The van der Waals surface area contributed by atoms with Gasteiger partial charge in [0.25, 0.3) is 8.32 Å². The number of allylic oxidation sites excluding steroid dienone is 1. The number of rotatable bonds is 15. The Labute approximate surface area is 272 Å². The summed E-state index contributed by atoms with van der Waals surface area (Å²) in [6.07, 6.45) is 5.16. The second-order valence-electron chi connectivity index (χ2n) is 15.9. The van der Waals surface area contributed by atoms with E-state index in [1.807, 2.05) is 12.1 Å². The Morgan fingerprint density at radius 1 is 0.795 bits per heavy atom. The molecule has 0 amide bonds. The second kappa shape index (κ2) is 14.8.